The number of H-pyrrole nitrogens is 1. The van der Waals surface area contributed by atoms with Crippen molar-refractivity contribution < 1.29 is 9.53 Å². The standard InChI is InChI=1S/C18H21N5O2S/c1-25-15-8-13(10-26-15)18(24)20-6-7-23(9-12-2-3-12)17-14-4-5-19-16(14)21-11-22-17/h4-5,8,10-12H,2-3,6-7,9H2,1H3,(H,20,24)(H,19,21,22). The van der Waals surface area contributed by atoms with Crippen LogP contribution in [0.3, 0.4) is 0 Å². The van der Waals surface area contributed by atoms with Crippen LogP contribution in [0.25, 0.3) is 11.0 Å². The predicted molar refractivity (Wildman–Crippen MR) is 102 cm³/mol. The number of aromatic nitrogens is 3. The normalized spacial score (nSPS) is 13.7. The Hall–Kier alpha value is -2.61. The number of aromatic amines is 1. The van der Waals surface area contributed by atoms with Crippen molar-refractivity contribution in [3.8, 4) is 5.06 Å². The molecule has 1 amide bonds. The van der Waals surface area contributed by atoms with Crippen LogP contribution in [0.15, 0.2) is 30.0 Å². The van der Waals surface area contributed by atoms with E-state index in [1.165, 1.54) is 24.2 Å². The van der Waals surface area contributed by atoms with E-state index in [0.717, 1.165) is 34.4 Å². The zero-order valence-corrected chi connectivity index (χ0v) is 15.4. The van der Waals surface area contributed by atoms with Crippen LogP contribution in [-0.4, -0.2) is 47.6 Å². The highest BCUT2D eigenvalue weighted by atomic mass is 32.1. The lowest BCUT2D eigenvalue weighted by Gasteiger charge is -2.24. The molecule has 3 aromatic heterocycles. The van der Waals surface area contributed by atoms with E-state index in [0.29, 0.717) is 18.7 Å². The highest BCUT2D eigenvalue weighted by Crippen LogP contribution is 2.32. The van der Waals surface area contributed by atoms with E-state index in [1.807, 2.05) is 17.6 Å². The lowest BCUT2D eigenvalue weighted by molar-refractivity contribution is 0.0955. The third-order valence-corrected chi connectivity index (χ3v) is 5.40. The van der Waals surface area contributed by atoms with Gasteiger partial charge in [-0.15, -0.1) is 11.3 Å². The van der Waals surface area contributed by atoms with Crippen LogP contribution in [0.4, 0.5) is 5.82 Å². The summed E-state index contributed by atoms with van der Waals surface area (Å²) < 4.78 is 5.14. The second-order valence-corrected chi connectivity index (χ2v) is 7.31. The van der Waals surface area contributed by atoms with E-state index < -0.39 is 0 Å². The Morgan fingerprint density at radius 1 is 1.46 bits per heavy atom. The number of carbonyl (C=O) groups is 1. The van der Waals surface area contributed by atoms with Crippen LogP contribution in [0, 0.1) is 5.92 Å². The van der Waals surface area contributed by atoms with E-state index in [9.17, 15) is 4.79 Å². The largest absolute Gasteiger partial charge is 0.487 e. The van der Waals surface area contributed by atoms with Crippen LogP contribution in [-0.2, 0) is 0 Å². The second-order valence-electron chi connectivity index (χ2n) is 6.44. The third kappa shape index (κ3) is 3.65. The first kappa shape index (κ1) is 16.8. The number of hydrogen-bond donors (Lipinski definition) is 2. The Kier molecular flexibility index (Phi) is 4.75. The fourth-order valence-corrected chi connectivity index (χ4v) is 3.67. The number of rotatable bonds is 8. The van der Waals surface area contributed by atoms with E-state index in [1.54, 1.807) is 19.5 Å². The van der Waals surface area contributed by atoms with Crippen molar-refractivity contribution in [1.29, 1.82) is 0 Å². The molecule has 0 spiro atoms. The van der Waals surface area contributed by atoms with Gasteiger partial charge in [-0.2, -0.15) is 0 Å². The van der Waals surface area contributed by atoms with Crippen molar-refractivity contribution in [2.24, 2.45) is 5.92 Å². The summed E-state index contributed by atoms with van der Waals surface area (Å²) in [5.41, 5.74) is 1.47. The quantitative estimate of drug-likeness (QED) is 0.636. The number of hydrogen-bond acceptors (Lipinski definition) is 6. The minimum Gasteiger partial charge on any atom is -0.487 e. The zero-order chi connectivity index (χ0) is 17.9. The number of nitrogens with zero attached hydrogens (tertiary/aromatic N) is 3. The van der Waals surface area contributed by atoms with Gasteiger partial charge in [-0.05, 0) is 24.8 Å². The maximum atomic E-state index is 12.3. The van der Waals surface area contributed by atoms with Gasteiger partial charge in [0.15, 0.2) is 5.06 Å². The molecule has 8 heteroatoms. The molecule has 0 unspecified atom stereocenters. The summed E-state index contributed by atoms with van der Waals surface area (Å²) in [4.78, 5) is 26.4. The molecule has 1 aliphatic rings. The first-order chi connectivity index (χ1) is 12.7. The lowest BCUT2D eigenvalue weighted by Crippen LogP contribution is -2.36. The molecule has 0 atom stereocenters. The molecule has 3 aromatic rings. The fraction of sp³-hybridized carbons (Fsp3) is 0.389. The molecule has 3 heterocycles. The van der Waals surface area contributed by atoms with Gasteiger partial charge in [0.05, 0.1) is 18.1 Å². The van der Waals surface area contributed by atoms with Gasteiger partial charge in [0.1, 0.15) is 17.8 Å². The van der Waals surface area contributed by atoms with Crippen LogP contribution >= 0.6 is 11.3 Å². The summed E-state index contributed by atoms with van der Waals surface area (Å²) >= 11 is 1.42. The van der Waals surface area contributed by atoms with Crippen LogP contribution in [0.5, 0.6) is 5.06 Å². The molecule has 0 aliphatic heterocycles. The van der Waals surface area contributed by atoms with Gasteiger partial charge in [-0.25, -0.2) is 9.97 Å². The summed E-state index contributed by atoms with van der Waals surface area (Å²) in [5, 5.41) is 6.55. The van der Waals surface area contributed by atoms with Crippen molar-refractivity contribution in [1.82, 2.24) is 20.3 Å². The van der Waals surface area contributed by atoms with Gasteiger partial charge in [-0.1, -0.05) is 0 Å². The van der Waals surface area contributed by atoms with Crippen LogP contribution in [0.2, 0.25) is 0 Å². The molecule has 0 aromatic carbocycles. The van der Waals surface area contributed by atoms with Gasteiger partial charge < -0.3 is 19.9 Å². The molecule has 7 nitrogen and oxygen atoms in total. The van der Waals surface area contributed by atoms with E-state index in [4.69, 9.17) is 4.74 Å². The lowest BCUT2D eigenvalue weighted by atomic mass is 10.3. The first-order valence-corrected chi connectivity index (χ1v) is 9.56. The Morgan fingerprint density at radius 2 is 2.35 bits per heavy atom. The molecule has 136 valence electrons. The SMILES string of the molecule is COc1cc(C(=O)NCCN(CC2CC2)c2ncnc3[nH]ccc23)cs1. The summed E-state index contributed by atoms with van der Waals surface area (Å²) in [6.45, 7) is 2.22. The predicted octanol–water partition coefficient (Wildman–Crippen LogP) is 2.67. The average molecular weight is 371 g/mol. The molecule has 0 saturated heterocycles. The molecule has 0 radical (unpaired) electrons. The smallest absolute Gasteiger partial charge is 0.252 e. The maximum Gasteiger partial charge on any atom is 0.252 e. The molecule has 26 heavy (non-hydrogen) atoms. The van der Waals surface area contributed by atoms with Crippen molar-refractivity contribution in [2.75, 3.05) is 31.6 Å². The Morgan fingerprint density at radius 3 is 3.12 bits per heavy atom. The number of thiophene rings is 1. The van der Waals surface area contributed by atoms with E-state index in [-0.39, 0.29) is 5.91 Å². The van der Waals surface area contributed by atoms with Crippen molar-refractivity contribution in [3.05, 3.63) is 35.6 Å². The molecule has 1 fully saturated rings. The molecule has 1 saturated carbocycles. The number of ether oxygens (including phenoxy) is 1. The average Bonchev–Trinajstić information content (AvgIpc) is 3.14. The number of fused-ring (bicyclic) bond motifs is 1. The highest BCUT2D eigenvalue weighted by Gasteiger charge is 2.26. The Balaban J connectivity index is 1.42. The van der Waals surface area contributed by atoms with Gasteiger partial charge in [0.2, 0.25) is 0 Å². The van der Waals surface area contributed by atoms with Crippen LogP contribution < -0.4 is 15.0 Å². The number of anilines is 1. The summed E-state index contributed by atoms with van der Waals surface area (Å²) in [6, 6.07) is 3.76. The van der Waals surface area contributed by atoms with Crippen molar-refractivity contribution in [3.63, 3.8) is 0 Å². The second kappa shape index (κ2) is 7.33. The Bertz CT molecular complexity index is 902. The van der Waals surface area contributed by atoms with E-state index >= 15 is 0 Å². The summed E-state index contributed by atoms with van der Waals surface area (Å²) in [7, 11) is 1.60. The van der Waals surface area contributed by atoms with Crippen LogP contribution in [0.1, 0.15) is 23.2 Å². The highest BCUT2D eigenvalue weighted by molar-refractivity contribution is 7.12. The summed E-state index contributed by atoms with van der Waals surface area (Å²) in [6.07, 6.45) is 5.99. The number of carbonyl (C=O) groups excluding carboxylic acids is 1. The van der Waals surface area contributed by atoms with Gasteiger partial charge >= 0.3 is 0 Å². The monoisotopic (exact) mass is 371 g/mol. The van der Waals surface area contributed by atoms with Gasteiger partial charge in [-0.3, -0.25) is 4.79 Å². The molecule has 1 aliphatic carbocycles. The molecular formula is C18H21N5O2S. The number of nitrogens with one attached hydrogen (secondary N) is 2. The molecule has 4 rings (SSSR count). The van der Waals surface area contributed by atoms with Crippen molar-refractivity contribution >= 4 is 34.1 Å². The minimum absolute atomic E-state index is 0.0783. The molecule has 0 bridgehead atoms. The number of amides is 1. The third-order valence-electron chi connectivity index (χ3n) is 4.51. The first-order valence-electron chi connectivity index (χ1n) is 8.68. The molecule has 2 N–H and O–H groups in total. The maximum absolute atomic E-state index is 12.3. The minimum atomic E-state index is -0.0783. The Labute approximate surface area is 155 Å². The fourth-order valence-electron chi connectivity index (χ4n) is 2.96. The van der Waals surface area contributed by atoms with Gasteiger partial charge in [0, 0.05) is 37.3 Å². The van der Waals surface area contributed by atoms with Crippen molar-refractivity contribution in [2.45, 2.75) is 12.8 Å². The van der Waals surface area contributed by atoms with Gasteiger partial charge in [0.25, 0.3) is 5.91 Å². The zero-order valence-electron chi connectivity index (χ0n) is 14.6. The topological polar surface area (TPSA) is 83.1 Å². The number of methoxy groups -OCH3 is 1. The van der Waals surface area contributed by atoms with E-state index in [2.05, 4.69) is 25.2 Å². The molecular weight excluding hydrogens is 350 g/mol. The summed E-state index contributed by atoms with van der Waals surface area (Å²) in [5.74, 6) is 1.57.